The van der Waals surface area contributed by atoms with E-state index in [1.165, 1.54) is 5.56 Å². The summed E-state index contributed by atoms with van der Waals surface area (Å²) in [5.41, 5.74) is 7.90. The average molecular weight is 447 g/mol. The maximum absolute atomic E-state index is 12.8. The zero-order valence-corrected chi connectivity index (χ0v) is 18.6. The van der Waals surface area contributed by atoms with Crippen LogP contribution in [-0.4, -0.2) is 80.6 Å². The highest BCUT2D eigenvalue weighted by Crippen LogP contribution is 2.26. The van der Waals surface area contributed by atoms with Crippen LogP contribution >= 0.6 is 24.8 Å². The number of nitrogens with zero attached hydrogens (tertiary/aromatic N) is 3. The summed E-state index contributed by atoms with van der Waals surface area (Å²) in [4.78, 5) is 31.1. The van der Waals surface area contributed by atoms with E-state index in [0.717, 1.165) is 25.1 Å². The summed E-state index contributed by atoms with van der Waals surface area (Å²) >= 11 is 0. The molecule has 1 aromatic rings. The summed E-state index contributed by atoms with van der Waals surface area (Å²) in [5.74, 6) is 0.215. The Hall–Kier alpha value is -1.38. The highest BCUT2D eigenvalue weighted by molar-refractivity contribution is 5.96. The predicted octanol–water partition coefficient (Wildman–Crippen LogP) is 1.32. The van der Waals surface area contributed by atoms with Gasteiger partial charge in [-0.3, -0.25) is 14.5 Å². The molecule has 2 aliphatic heterocycles. The lowest BCUT2D eigenvalue weighted by molar-refractivity contribution is -0.135. The smallest absolute Gasteiger partial charge is 0.241 e. The van der Waals surface area contributed by atoms with Gasteiger partial charge in [-0.2, -0.15) is 0 Å². The molecule has 2 amide bonds. The number of hydrogen-bond donors (Lipinski definition) is 1. The summed E-state index contributed by atoms with van der Waals surface area (Å²) < 4.78 is 5.20. The van der Waals surface area contributed by atoms with Crippen LogP contribution in [0.4, 0.5) is 5.69 Å². The van der Waals surface area contributed by atoms with Crippen molar-refractivity contribution in [3.63, 3.8) is 0 Å². The third-order valence-electron chi connectivity index (χ3n) is 5.49. The number of amides is 2. The first kappa shape index (κ1) is 25.7. The van der Waals surface area contributed by atoms with Crippen molar-refractivity contribution in [2.45, 2.75) is 25.4 Å². The van der Waals surface area contributed by atoms with Gasteiger partial charge in [0.25, 0.3) is 0 Å². The Kier molecular flexibility index (Phi) is 10.9. The van der Waals surface area contributed by atoms with Gasteiger partial charge in [0.2, 0.25) is 11.8 Å². The number of para-hydroxylation sites is 1. The Bertz CT molecular complexity index is 665. The molecule has 2 heterocycles. The molecule has 0 aromatic heterocycles. The number of nitrogens with two attached hydrogens (primary N) is 1. The standard InChI is InChI=1S/C20H30N4O3.2ClH/c1-27-17(14-21)13-19(25)23-11-9-22(10-12-23)15-20(26)24-8-4-6-16-5-2-3-7-18(16)24;;/h2-3,5,7,17H,4,6,8-15,21H2,1H3;2*1H. The van der Waals surface area contributed by atoms with Crippen molar-refractivity contribution < 1.29 is 14.3 Å². The van der Waals surface area contributed by atoms with E-state index in [4.69, 9.17) is 10.5 Å². The van der Waals surface area contributed by atoms with Gasteiger partial charge in [0.05, 0.1) is 19.1 Å². The van der Waals surface area contributed by atoms with Crippen molar-refractivity contribution in [3.05, 3.63) is 29.8 Å². The number of rotatable bonds is 6. The normalized spacial score (nSPS) is 17.6. The van der Waals surface area contributed by atoms with Gasteiger partial charge >= 0.3 is 0 Å². The summed E-state index contributed by atoms with van der Waals surface area (Å²) in [6, 6.07) is 8.16. The van der Waals surface area contributed by atoms with Crippen molar-refractivity contribution in [1.82, 2.24) is 9.80 Å². The number of hydrogen-bond acceptors (Lipinski definition) is 5. The maximum Gasteiger partial charge on any atom is 0.241 e. The fourth-order valence-electron chi connectivity index (χ4n) is 3.81. The van der Waals surface area contributed by atoms with Crippen LogP contribution < -0.4 is 10.6 Å². The molecule has 29 heavy (non-hydrogen) atoms. The van der Waals surface area contributed by atoms with Gasteiger partial charge in [-0.15, -0.1) is 24.8 Å². The molecule has 9 heteroatoms. The van der Waals surface area contributed by atoms with Gasteiger partial charge in [-0.1, -0.05) is 18.2 Å². The monoisotopic (exact) mass is 446 g/mol. The van der Waals surface area contributed by atoms with Gasteiger partial charge in [-0.05, 0) is 24.5 Å². The molecule has 1 saturated heterocycles. The largest absolute Gasteiger partial charge is 0.380 e. The predicted molar refractivity (Wildman–Crippen MR) is 119 cm³/mol. The van der Waals surface area contributed by atoms with Gasteiger partial charge in [-0.25, -0.2) is 0 Å². The first-order valence-electron chi connectivity index (χ1n) is 9.73. The van der Waals surface area contributed by atoms with Crippen molar-refractivity contribution in [2.75, 3.05) is 57.8 Å². The Morgan fingerprint density at radius 1 is 1.07 bits per heavy atom. The van der Waals surface area contributed by atoms with E-state index in [1.54, 1.807) is 7.11 Å². The van der Waals surface area contributed by atoms with Gasteiger partial charge in [0.1, 0.15) is 0 Å². The highest BCUT2D eigenvalue weighted by atomic mass is 35.5. The Morgan fingerprint density at radius 2 is 1.76 bits per heavy atom. The number of anilines is 1. The number of carbonyl (C=O) groups excluding carboxylic acids is 2. The van der Waals surface area contributed by atoms with Crippen LogP contribution in [0.25, 0.3) is 0 Å². The van der Waals surface area contributed by atoms with Crippen molar-refractivity contribution in [3.8, 4) is 0 Å². The van der Waals surface area contributed by atoms with Crippen molar-refractivity contribution in [1.29, 1.82) is 0 Å². The van der Waals surface area contributed by atoms with E-state index in [0.29, 0.717) is 45.7 Å². The zero-order chi connectivity index (χ0) is 19.2. The molecular formula is C20H32Cl2N4O3. The number of benzene rings is 1. The van der Waals surface area contributed by atoms with Crippen LogP contribution in [0.5, 0.6) is 0 Å². The zero-order valence-electron chi connectivity index (χ0n) is 16.9. The lowest BCUT2D eigenvalue weighted by Gasteiger charge is -2.36. The summed E-state index contributed by atoms with van der Waals surface area (Å²) in [7, 11) is 1.58. The van der Waals surface area contributed by atoms with Crippen LogP contribution in [0.1, 0.15) is 18.4 Å². The molecule has 0 spiro atoms. The third-order valence-corrected chi connectivity index (χ3v) is 5.49. The summed E-state index contributed by atoms with van der Waals surface area (Å²) in [5, 5.41) is 0. The Morgan fingerprint density at radius 3 is 2.41 bits per heavy atom. The number of halogens is 2. The van der Waals surface area contributed by atoms with E-state index >= 15 is 0 Å². The summed E-state index contributed by atoms with van der Waals surface area (Å²) in [6.45, 7) is 4.24. The minimum atomic E-state index is -0.226. The van der Waals surface area contributed by atoms with Crippen LogP contribution in [0, 0.1) is 0 Å². The minimum absolute atomic E-state index is 0. The van der Waals surface area contributed by atoms with Crippen LogP contribution in [-0.2, 0) is 20.7 Å². The molecule has 164 valence electrons. The first-order valence-corrected chi connectivity index (χ1v) is 9.73. The SMILES string of the molecule is COC(CN)CC(=O)N1CCN(CC(=O)N2CCCc3ccccc32)CC1.Cl.Cl. The average Bonchev–Trinajstić information content (AvgIpc) is 2.71. The Labute approximate surface area is 185 Å². The Balaban J connectivity index is 0.00000210. The third kappa shape index (κ3) is 6.55. The highest BCUT2D eigenvalue weighted by Gasteiger charge is 2.27. The molecule has 2 N–H and O–H groups in total. The van der Waals surface area contributed by atoms with Crippen molar-refractivity contribution >= 4 is 42.3 Å². The fourth-order valence-corrected chi connectivity index (χ4v) is 3.81. The minimum Gasteiger partial charge on any atom is -0.380 e. The van der Waals surface area contributed by atoms with Crippen LogP contribution in [0.2, 0.25) is 0 Å². The molecule has 0 saturated carbocycles. The quantitative estimate of drug-likeness (QED) is 0.712. The second-order valence-corrected chi connectivity index (χ2v) is 7.23. The van der Waals surface area contributed by atoms with E-state index in [2.05, 4.69) is 11.0 Å². The van der Waals surface area contributed by atoms with E-state index in [1.807, 2.05) is 28.0 Å². The second kappa shape index (κ2) is 12.3. The number of ether oxygens (including phenoxy) is 1. The van der Waals surface area contributed by atoms with E-state index in [-0.39, 0.29) is 42.7 Å². The molecule has 2 aliphatic rings. The molecular weight excluding hydrogens is 415 g/mol. The number of piperazine rings is 1. The topological polar surface area (TPSA) is 79.1 Å². The lowest BCUT2D eigenvalue weighted by Crippen LogP contribution is -2.52. The number of carbonyl (C=O) groups is 2. The first-order chi connectivity index (χ1) is 13.1. The van der Waals surface area contributed by atoms with Gasteiger partial charge in [0, 0.05) is 52.1 Å². The molecule has 7 nitrogen and oxygen atoms in total. The van der Waals surface area contributed by atoms with E-state index < -0.39 is 0 Å². The van der Waals surface area contributed by atoms with Gasteiger partial charge < -0.3 is 20.3 Å². The molecule has 0 radical (unpaired) electrons. The van der Waals surface area contributed by atoms with E-state index in [9.17, 15) is 9.59 Å². The second-order valence-electron chi connectivity index (χ2n) is 7.23. The van der Waals surface area contributed by atoms with Crippen LogP contribution in [0.15, 0.2) is 24.3 Å². The molecule has 1 unspecified atom stereocenters. The number of fused-ring (bicyclic) bond motifs is 1. The molecule has 3 rings (SSSR count). The molecule has 1 fully saturated rings. The van der Waals surface area contributed by atoms with Gasteiger partial charge in [0.15, 0.2) is 0 Å². The summed E-state index contributed by atoms with van der Waals surface area (Å²) in [6.07, 6.45) is 2.13. The molecule has 0 bridgehead atoms. The number of aryl methyl sites for hydroxylation is 1. The fraction of sp³-hybridized carbons (Fsp3) is 0.600. The molecule has 0 aliphatic carbocycles. The van der Waals surface area contributed by atoms with Crippen molar-refractivity contribution in [2.24, 2.45) is 5.73 Å². The number of methoxy groups -OCH3 is 1. The maximum atomic E-state index is 12.8. The van der Waals surface area contributed by atoms with Crippen LogP contribution in [0.3, 0.4) is 0 Å². The molecule has 1 atom stereocenters. The lowest BCUT2D eigenvalue weighted by atomic mass is 10.0. The molecule has 1 aromatic carbocycles.